The van der Waals surface area contributed by atoms with Crippen LogP contribution in [-0.4, -0.2) is 28.7 Å². The fraction of sp³-hybridized carbons (Fsp3) is 0.643. The Bertz CT molecular complexity index is 335. The van der Waals surface area contributed by atoms with Gasteiger partial charge in [-0.15, -0.1) is 13.0 Å². The number of carbonyl (C=O) groups excluding carboxylic acids is 1. The van der Waals surface area contributed by atoms with Gasteiger partial charge in [-0.3, -0.25) is 4.90 Å². The van der Waals surface area contributed by atoms with Crippen molar-refractivity contribution in [3.63, 3.8) is 0 Å². The van der Waals surface area contributed by atoms with Gasteiger partial charge in [-0.25, -0.2) is 4.79 Å². The minimum Gasteiger partial charge on any atom is -0.444 e. The van der Waals surface area contributed by atoms with Gasteiger partial charge in [0.25, 0.3) is 0 Å². The molecule has 1 aliphatic rings. The average molecular weight is 235 g/mol. The second-order valence-electron chi connectivity index (χ2n) is 5.33. The number of hydrogen-bond acceptors (Lipinski definition) is 2. The first-order valence-corrected chi connectivity index (χ1v) is 5.97. The molecule has 94 valence electrons. The van der Waals surface area contributed by atoms with Crippen molar-refractivity contribution in [3.8, 4) is 12.3 Å². The molecule has 1 rings (SSSR count). The SMILES string of the molecule is C#C[C@@H]1CC[C@H](CC=C)N1C(=O)OC(C)(C)C. The van der Waals surface area contributed by atoms with Crippen LogP contribution in [0, 0.1) is 12.3 Å². The van der Waals surface area contributed by atoms with Crippen LogP contribution in [0.15, 0.2) is 12.7 Å². The summed E-state index contributed by atoms with van der Waals surface area (Å²) >= 11 is 0. The summed E-state index contributed by atoms with van der Waals surface area (Å²) in [7, 11) is 0. The number of hydrogen-bond donors (Lipinski definition) is 0. The molecule has 0 radical (unpaired) electrons. The first kappa shape index (κ1) is 13.6. The molecular weight excluding hydrogens is 214 g/mol. The van der Waals surface area contributed by atoms with E-state index in [1.54, 1.807) is 4.90 Å². The maximum Gasteiger partial charge on any atom is 0.411 e. The molecule has 0 aromatic heterocycles. The van der Waals surface area contributed by atoms with Crippen molar-refractivity contribution in [2.75, 3.05) is 0 Å². The van der Waals surface area contributed by atoms with Gasteiger partial charge in [0.2, 0.25) is 0 Å². The molecule has 3 nitrogen and oxygen atoms in total. The van der Waals surface area contributed by atoms with Crippen molar-refractivity contribution in [3.05, 3.63) is 12.7 Å². The number of terminal acetylenes is 1. The van der Waals surface area contributed by atoms with Crippen LogP contribution in [0.25, 0.3) is 0 Å². The van der Waals surface area contributed by atoms with Gasteiger partial charge in [0.1, 0.15) is 5.60 Å². The summed E-state index contributed by atoms with van der Waals surface area (Å²) in [6, 6.07) is -0.0156. The highest BCUT2D eigenvalue weighted by atomic mass is 16.6. The minimum absolute atomic E-state index is 0.128. The van der Waals surface area contributed by atoms with Crippen molar-refractivity contribution in [2.24, 2.45) is 0 Å². The zero-order chi connectivity index (χ0) is 13.1. The van der Waals surface area contributed by atoms with Gasteiger partial charge in [0, 0.05) is 6.04 Å². The van der Waals surface area contributed by atoms with Gasteiger partial charge in [0.15, 0.2) is 0 Å². The number of ether oxygens (including phenoxy) is 1. The number of nitrogens with zero attached hydrogens (tertiary/aromatic N) is 1. The first-order chi connectivity index (χ1) is 7.89. The molecule has 1 aliphatic heterocycles. The number of amides is 1. The Labute approximate surface area is 104 Å². The summed E-state index contributed by atoms with van der Waals surface area (Å²) in [5, 5.41) is 0. The normalized spacial score (nSPS) is 24.2. The van der Waals surface area contributed by atoms with E-state index < -0.39 is 5.60 Å². The van der Waals surface area contributed by atoms with Crippen molar-refractivity contribution in [1.29, 1.82) is 0 Å². The molecule has 17 heavy (non-hydrogen) atoms. The second kappa shape index (κ2) is 5.27. The zero-order valence-corrected chi connectivity index (χ0v) is 10.9. The topological polar surface area (TPSA) is 29.5 Å². The van der Waals surface area contributed by atoms with Gasteiger partial charge >= 0.3 is 6.09 Å². The van der Waals surface area contributed by atoms with E-state index in [1.807, 2.05) is 26.8 Å². The molecular formula is C14H21NO2. The molecule has 1 heterocycles. The van der Waals surface area contributed by atoms with E-state index in [2.05, 4.69) is 12.5 Å². The summed E-state index contributed by atoms with van der Waals surface area (Å²) in [6.07, 6.45) is 9.48. The Balaban J connectivity index is 2.78. The Hall–Kier alpha value is -1.43. The molecule has 0 aliphatic carbocycles. The Morgan fingerprint density at radius 2 is 2.24 bits per heavy atom. The standard InChI is InChI=1S/C14H21NO2/c1-6-8-12-10-9-11(7-2)15(12)13(16)17-14(3,4)5/h2,6,11-12H,1,8-10H2,3-5H3/t11-,12+/m1/s1. The van der Waals surface area contributed by atoms with Gasteiger partial charge < -0.3 is 4.74 Å². The van der Waals surface area contributed by atoms with Crippen LogP contribution < -0.4 is 0 Å². The average Bonchev–Trinajstić information content (AvgIpc) is 2.58. The van der Waals surface area contributed by atoms with Crippen LogP contribution >= 0.6 is 0 Å². The van der Waals surface area contributed by atoms with Gasteiger partial charge in [-0.2, -0.15) is 0 Å². The lowest BCUT2D eigenvalue weighted by Crippen LogP contribution is -2.43. The monoisotopic (exact) mass is 235 g/mol. The molecule has 3 heteroatoms. The summed E-state index contributed by atoms with van der Waals surface area (Å²) < 4.78 is 5.39. The molecule has 0 unspecified atom stereocenters. The van der Waals surface area contributed by atoms with E-state index in [0.29, 0.717) is 0 Å². The molecule has 0 saturated carbocycles. The predicted molar refractivity (Wildman–Crippen MR) is 68.5 cm³/mol. The van der Waals surface area contributed by atoms with Crippen LogP contribution in [0.4, 0.5) is 4.79 Å². The fourth-order valence-electron chi connectivity index (χ4n) is 2.06. The van der Waals surface area contributed by atoms with E-state index in [9.17, 15) is 4.79 Å². The van der Waals surface area contributed by atoms with Crippen LogP contribution in [-0.2, 0) is 4.74 Å². The summed E-state index contributed by atoms with van der Waals surface area (Å²) in [5.74, 6) is 2.66. The first-order valence-electron chi connectivity index (χ1n) is 5.97. The summed E-state index contributed by atoms with van der Waals surface area (Å²) in [5.41, 5.74) is -0.489. The van der Waals surface area contributed by atoms with Gasteiger partial charge in [-0.1, -0.05) is 12.0 Å². The molecule has 1 fully saturated rings. The molecule has 1 saturated heterocycles. The number of carbonyl (C=O) groups is 1. The highest BCUT2D eigenvalue weighted by Gasteiger charge is 2.37. The molecule has 1 amide bonds. The third-order valence-electron chi connectivity index (χ3n) is 2.74. The third-order valence-corrected chi connectivity index (χ3v) is 2.74. The predicted octanol–water partition coefficient (Wildman–Crippen LogP) is 2.96. The van der Waals surface area contributed by atoms with Crippen molar-refractivity contribution >= 4 is 6.09 Å². The number of likely N-dealkylation sites (tertiary alicyclic amines) is 1. The van der Waals surface area contributed by atoms with E-state index in [-0.39, 0.29) is 18.2 Å². The van der Waals surface area contributed by atoms with Crippen molar-refractivity contribution < 1.29 is 9.53 Å². The molecule has 0 aromatic carbocycles. The van der Waals surface area contributed by atoms with Crippen LogP contribution in [0.1, 0.15) is 40.0 Å². The number of rotatable bonds is 2. The second-order valence-corrected chi connectivity index (χ2v) is 5.33. The van der Waals surface area contributed by atoms with Crippen LogP contribution in [0.2, 0.25) is 0 Å². The smallest absolute Gasteiger partial charge is 0.411 e. The molecule has 0 bridgehead atoms. The lowest BCUT2D eigenvalue weighted by atomic mass is 10.1. The fourth-order valence-corrected chi connectivity index (χ4v) is 2.06. The molecule has 0 N–H and O–H groups in total. The van der Waals surface area contributed by atoms with Gasteiger partial charge in [0.05, 0.1) is 6.04 Å². The van der Waals surface area contributed by atoms with Crippen LogP contribution in [0.5, 0.6) is 0 Å². The maximum absolute atomic E-state index is 12.1. The van der Waals surface area contributed by atoms with E-state index >= 15 is 0 Å². The highest BCUT2D eigenvalue weighted by Crippen LogP contribution is 2.28. The van der Waals surface area contributed by atoms with Crippen LogP contribution in [0.3, 0.4) is 0 Å². The Morgan fingerprint density at radius 1 is 1.59 bits per heavy atom. The van der Waals surface area contributed by atoms with Crippen molar-refractivity contribution in [2.45, 2.75) is 57.7 Å². The zero-order valence-electron chi connectivity index (χ0n) is 10.9. The van der Waals surface area contributed by atoms with Crippen molar-refractivity contribution in [1.82, 2.24) is 4.90 Å². The van der Waals surface area contributed by atoms with E-state index in [1.165, 1.54) is 0 Å². The Morgan fingerprint density at radius 3 is 2.71 bits per heavy atom. The van der Waals surface area contributed by atoms with E-state index in [0.717, 1.165) is 19.3 Å². The largest absolute Gasteiger partial charge is 0.444 e. The third kappa shape index (κ3) is 3.52. The Kier molecular flexibility index (Phi) is 4.22. The maximum atomic E-state index is 12.1. The van der Waals surface area contributed by atoms with E-state index in [4.69, 9.17) is 11.2 Å². The summed E-state index contributed by atoms with van der Waals surface area (Å²) in [6.45, 7) is 9.28. The quantitative estimate of drug-likeness (QED) is 0.544. The lowest BCUT2D eigenvalue weighted by Gasteiger charge is -2.30. The molecule has 2 atom stereocenters. The molecule has 0 aromatic rings. The summed E-state index contributed by atoms with van der Waals surface area (Å²) in [4.78, 5) is 13.8. The molecule has 0 spiro atoms. The minimum atomic E-state index is -0.489. The highest BCUT2D eigenvalue weighted by molar-refractivity contribution is 5.70. The lowest BCUT2D eigenvalue weighted by molar-refractivity contribution is 0.0189. The van der Waals surface area contributed by atoms with Gasteiger partial charge in [-0.05, 0) is 40.0 Å².